The summed E-state index contributed by atoms with van der Waals surface area (Å²) in [4.78, 5) is 0. The molecule has 6 aromatic rings. The van der Waals surface area contributed by atoms with E-state index in [2.05, 4.69) is 174 Å². The summed E-state index contributed by atoms with van der Waals surface area (Å²) in [5.74, 6) is 0.523. The van der Waals surface area contributed by atoms with Gasteiger partial charge in [-0.1, -0.05) is 0 Å². The van der Waals surface area contributed by atoms with Crippen LogP contribution in [0, 0.1) is 17.3 Å². The number of halogens is 4. The van der Waals surface area contributed by atoms with E-state index >= 15 is 0 Å². The SMILES string of the molecule is Cl.Cl.[CH2]=[Zr]([C]1=CC(C(C)(C)C)=CC1C(C)C)([c]1cccc(Cl)c1)([c]1cccc(Cl)c1)[c]1c(-c2ccccc2)ccc2c1Cc1cc(-c3ccccc3)ccc1-2. The van der Waals surface area contributed by atoms with Crippen LogP contribution in [0.3, 0.4) is 0 Å². The first kappa shape index (κ1) is 41.3. The van der Waals surface area contributed by atoms with Crippen molar-refractivity contribution in [1.29, 1.82) is 0 Å². The molecule has 1 unspecified atom stereocenters. The maximum atomic E-state index is 7.10. The van der Waals surface area contributed by atoms with Crippen molar-refractivity contribution >= 4 is 62.0 Å². The topological polar surface area (TPSA) is 0 Å². The third-order valence-electron chi connectivity index (χ3n) is 12.0. The number of rotatable bonds is 7. The van der Waals surface area contributed by atoms with Gasteiger partial charge in [0, 0.05) is 0 Å². The molecule has 1 atom stereocenters. The standard InChI is InChI=1S/C25H17.C12H19.2C6H4Cl.CH2.2ClH.Zr/c1-3-7-18(8-4-1)20-11-13-24-22(15-20)17-23-16-21(12-14-25(23)24)19-9-5-2-6-10-19;1-9(2)10-6-7-11(8-10)12(3,4)5;2*7-6-4-2-1-3-5-6;;;;/h1-15H,17H2;7-10H,1-5H3;2*1-2,4-5H;1H2;2*1H;. The summed E-state index contributed by atoms with van der Waals surface area (Å²) < 4.78 is 11.2. The molecule has 280 valence electrons. The van der Waals surface area contributed by atoms with Crippen molar-refractivity contribution in [2.45, 2.75) is 41.0 Å². The Morgan fingerprint density at radius 3 is 1.71 bits per heavy atom. The predicted octanol–water partition coefficient (Wildman–Crippen LogP) is 13.3. The normalized spacial score (nSPS) is 15.0. The molecule has 0 fully saturated rings. The van der Waals surface area contributed by atoms with E-state index in [1.165, 1.54) is 63.2 Å². The fourth-order valence-corrected chi connectivity index (χ4v) is 27.5. The molecule has 0 aliphatic heterocycles. The van der Waals surface area contributed by atoms with E-state index < -0.39 is 18.3 Å². The van der Waals surface area contributed by atoms with Crippen LogP contribution in [0.2, 0.25) is 10.0 Å². The van der Waals surface area contributed by atoms with Gasteiger partial charge in [0.1, 0.15) is 0 Å². The number of benzene rings is 6. The van der Waals surface area contributed by atoms with Crippen molar-refractivity contribution in [3.63, 3.8) is 0 Å². The zero-order valence-corrected chi connectivity index (χ0v) is 37.7. The van der Waals surface area contributed by atoms with E-state index in [1.54, 1.807) is 0 Å². The quantitative estimate of drug-likeness (QED) is 0.150. The number of hydrogen-bond donors (Lipinski definition) is 0. The Morgan fingerprint density at radius 1 is 0.618 bits per heavy atom. The van der Waals surface area contributed by atoms with Gasteiger partial charge in [-0.2, -0.15) is 0 Å². The summed E-state index contributed by atoms with van der Waals surface area (Å²) in [5.41, 5.74) is 11.6. The molecule has 5 heteroatoms. The van der Waals surface area contributed by atoms with E-state index in [4.69, 9.17) is 27.4 Å². The van der Waals surface area contributed by atoms with E-state index in [1.807, 2.05) is 12.1 Å². The number of allylic oxidation sites excluding steroid dienone is 4. The second kappa shape index (κ2) is 15.6. The van der Waals surface area contributed by atoms with Gasteiger partial charge in [0.2, 0.25) is 0 Å². The zero-order valence-electron chi connectivity index (χ0n) is 32.1. The van der Waals surface area contributed by atoms with Crippen LogP contribution in [0.15, 0.2) is 161 Å². The van der Waals surface area contributed by atoms with Crippen molar-refractivity contribution in [2.24, 2.45) is 17.3 Å². The molecule has 0 amide bonds. The molecule has 2 aliphatic rings. The van der Waals surface area contributed by atoms with Gasteiger partial charge in [0.05, 0.1) is 0 Å². The molecule has 0 spiro atoms. The van der Waals surface area contributed by atoms with Gasteiger partial charge in [0.15, 0.2) is 0 Å². The molecule has 0 bridgehead atoms. The van der Waals surface area contributed by atoms with Crippen LogP contribution < -0.4 is 9.81 Å². The van der Waals surface area contributed by atoms with E-state index in [0.717, 1.165) is 16.5 Å². The van der Waals surface area contributed by atoms with Crippen LogP contribution in [0.4, 0.5) is 0 Å². The Labute approximate surface area is 350 Å². The van der Waals surface area contributed by atoms with Gasteiger partial charge in [0.25, 0.3) is 0 Å². The van der Waals surface area contributed by atoms with Crippen LogP contribution in [0.1, 0.15) is 45.7 Å². The number of hydrogen-bond acceptors (Lipinski definition) is 0. The Morgan fingerprint density at radius 2 is 1.16 bits per heavy atom. The van der Waals surface area contributed by atoms with Crippen LogP contribution in [0.5, 0.6) is 0 Å². The Bertz CT molecular complexity index is 2470. The molecule has 0 nitrogen and oxygen atoms in total. The number of fused-ring (bicyclic) bond motifs is 3. The van der Waals surface area contributed by atoms with Crippen molar-refractivity contribution in [2.75, 3.05) is 0 Å². The third kappa shape index (κ3) is 6.83. The van der Waals surface area contributed by atoms with Gasteiger partial charge >= 0.3 is 329 Å². The maximum absolute atomic E-state index is 7.10. The van der Waals surface area contributed by atoms with Crippen LogP contribution in [-0.2, 0) is 24.7 Å². The Balaban J connectivity index is 0.00000257. The van der Waals surface area contributed by atoms with Crippen LogP contribution >= 0.6 is 48.0 Å². The Kier molecular flexibility index (Phi) is 11.7. The van der Waals surface area contributed by atoms with Crippen molar-refractivity contribution in [1.82, 2.24) is 0 Å². The third-order valence-corrected chi connectivity index (χ3v) is 28.7. The summed E-state index contributed by atoms with van der Waals surface area (Å²) in [7, 11) is 0. The molecule has 0 heterocycles. The predicted molar refractivity (Wildman–Crippen MR) is 243 cm³/mol. The second-order valence-corrected chi connectivity index (χ2v) is 30.0. The summed E-state index contributed by atoms with van der Waals surface area (Å²) in [6, 6.07) is 50.8. The second-order valence-electron chi connectivity index (χ2n) is 16.5. The van der Waals surface area contributed by atoms with Crippen molar-refractivity contribution in [3.8, 4) is 33.4 Å². The molecule has 55 heavy (non-hydrogen) atoms. The molecule has 6 aromatic carbocycles. The van der Waals surface area contributed by atoms with Gasteiger partial charge in [-0.05, 0) is 0 Å². The fraction of sp³-hybridized carbons (Fsp3) is 0.180. The summed E-state index contributed by atoms with van der Waals surface area (Å²) in [5, 5.41) is 1.45. The molecule has 0 saturated carbocycles. The summed E-state index contributed by atoms with van der Waals surface area (Å²) in [6.07, 6.45) is 5.94. The summed E-state index contributed by atoms with van der Waals surface area (Å²) >= 11 is 8.76. The van der Waals surface area contributed by atoms with Crippen LogP contribution in [0.25, 0.3) is 33.4 Å². The molecular weight excluding hydrogens is 834 g/mol. The minimum atomic E-state index is -5.43. The molecule has 0 radical (unpaired) electrons. The van der Waals surface area contributed by atoms with E-state index in [9.17, 15) is 0 Å². The molecule has 8 rings (SSSR count). The monoisotopic (exact) mass is 878 g/mol. The molecule has 2 aliphatic carbocycles. The minimum absolute atomic E-state index is 0. The first-order chi connectivity index (χ1) is 25.4. The van der Waals surface area contributed by atoms with E-state index in [0.29, 0.717) is 5.92 Å². The average Bonchev–Trinajstić information content (AvgIpc) is 3.79. The average molecular weight is 882 g/mol. The first-order valence-electron chi connectivity index (χ1n) is 18.8. The van der Waals surface area contributed by atoms with Gasteiger partial charge in [-0.25, -0.2) is 0 Å². The summed E-state index contributed by atoms with van der Waals surface area (Å²) in [6.45, 7) is 11.7. The van der Waals surface area contributed by atoms with Crippen molar-refractivity contribution in [3.05, 3.63) is 182 Å². The zero-order chi connectivity index (χ0) is 37.1. The first-order valence-corrected chi connectivity index (χ1v) is 26.2. The Hall–Kier alpha value is -3.29. The van der Waals surface area contributed by atoms with Crippen molar-refractivity contribution < 1.29 is 18.3 Å². The van der Waals surface area contributed by atoms with E-state index in [-0.39, 0.29) is 36.1 Å². The molecule has 0 aromatic heterocycles. The van der Waals surface area contributed by atoms with Crippen LogP contribution in [-0.4, -0.2) is 4.21 Å². The molecular formula is C50H48Cl4Zr. The molecule has 0 saturated heterocycles. The van der Waals surface area contributed by atoms with Gasteiger partial charge in [-0.15, -0.1) is 24.8 Å². The van der Waals surface area contributed by atoms with Gasteiger partial charge < -0.3 is 0 Å². The molecule has 0 N–H and O–H groups in total. The fourth-order valence-electron chi connectivity index (χ4n) is 9.31. The van der Waals surface area contributed by atoms with Gasteiger partial charge in [-0.3, -0.25) is 0 Å².